The summed E-state index contributed by atoms with van der Waals surface area (Å²) in [5.74, 6) is 1.37. The molecule has 1 amide bonds. The number of piperazine rings is 1. The summed E-state index contributed by atoms with van der Waals surface area (Å²) in [5, 5.41) is 0.592. The van der Waals surface area contributed by atoms with Gasteiger partial charge in [0.2, 0.25) is 0 Å². The molecule has 0 radical (unpaired) electrons. The fourth-order valence-corrected chi connectivity index (χ4v) is 3.22. The Morgan fingerprint density at radius 1 is 1.21 bits per heavy atom. The second-order valence-electron chi connectivity index (χ2n) is 5.92. The Labute approximate surface area is 147 Å². The van der Waals surface area contributed by atoms with Crippen LogP contribution < -0.4 is 9.47 Å². The molecule has 1 aromatic carbocycles. The molecule has 0 unspecified atom stereocenters. The summed E-state index contributed by atoms with van der Waals surface area (Å²) in [4.78, 5) is 15.8. The smallest absolute Gasteiger partial charge is 0.409 e. The number of hydrogen-bond donors (Lipinski definition) is 0. The van der Waals surface area contributed by atoms with E-state index in [4.69, 9.17) is 25.8 Å². The predicted molar refractivity (Wildman–Crippen MR) is 90.9 cm³/mol. The van der Waals surface area contributed by atoms with Crippen LogP contribution >= 0.6 is 11.6 Å². The molecule has 1 fully saturated rings. The summed E-state index contributed by atoms with van der Waals surface area (Å²) in [5.41, 5.74) is 1.09. The molecule has 1 saturated heterocycles. The first-order chi connectivity index (χ1) is 11.7. The summed E-state index contributed by atoms with van der Waals surface area (Å²) in [7, 11) is 0. The zero-order valence-electron chi connectivity index (χ0n) is 13.9. The standard InChI is InChI=1S/C17H23ClN2O4/c1-2-22-17(21)20-6-4-19(5-7-20)12-13-10-14(18)16-15(11-13)23-8-3-9-24-16/h10-11H,2-9,12H2,1H3. The van der Waals surface area contributed by atoms with E-state index < -0.39 is 0 Å². The Kier molecular flexibility index (Phi) is 5.68. The molecular weight excluding hydrogens is 332 g/mol. The minimum Gasteiger partial charge on any atom is -0.489 e. The van der Waals surface area contributed by atoms with Crippen LogP contribution in [-0.2, 0) is 11.3 Å². The van der Waals surface area contributed by atoms with Gasteiger partial charge in [0, 0.05) is 39.1 Å². The van der Waals surface area contributed by atoms with Crippen molar-refractivity contribution in [1.29, 1.82) is 0 Å². The fraction of sp³-hybridized carbons (Fsp3) is 0.588. The van der Waals surface area contributed by atoms with Gasteiger partial charge in [0.1, 0.15) is 0 Å². The van der Waals surface area contributed by atoms with Crippen molar-refractivity contribution in [2.75, 3.05) is 46.0 Å². The SMILES string of the molecule is CCOC(=O)N1CCN(Cc2cc(Cl)c3c(c2)OCCCO3)CC1. The number of nitrogens with zero attached hydrogens (tertiary/aromatic N) is 2. The zero-order chi connectivity index (χ0) is 16.9. The van der Waals surface area contributed by atoms with Crippen molar-refractivity contribution >= 4 is 17.7 Å². The highest BCUT2D eigenvalue weighted by atomic mass is 35.5. The highest BCUT2D eigenvalue weighted by Gasteiger charge is 2.23. The first-order valence-corrected chi connectivity index (χ1v) is 8.77. The van der Waals surface area contributed by atoms with Crippen molar-refractivity contribution < 1.29 is 19.0 Å². The van der Waals surface area contributed by atoms with Crippen molar-refractivity contribution in [2.24, 2.45) is 0 Å². The summed E-state index contributed by atoms with van der Waals surface area (Å²) in [6.07, 6.45) is 0.631. The van der Waals surface area contributed by atoms with Crippen molar-refractivity contribution in [1.82, 2.24) is 9.80 Å². The first-order valence-electron chi connectivity index (χ1n) is 8.39. The molecule has 132 valence electrons. The molecule has 6 nitrogen and oxygen atoms in total. The monoisotopic (exact) mass is 354 g/mol. The average Bonchev–Trinajstić information content (AvgIpc) is 2.81. The molecule has 0 bridgehead atoms. The van der Waals surface area contributed by atoms with Crippen LogP contribution in [0.5, 0.6) is 11.5 Å². The van der Waals surface area contributed by atoms with E-state index in [0.29, 0.717) is 43.7 Å². The summed E-state index contributed by atoms with van der Waals surface area (Å²) < 4.78 is 16.4. The lowest BCUT2D eigenvalue weighted by Gasteiger charge is -2.34. The molecule has 1 aromatic rings. The largest absolute Gasteiger partial charge is 0.489 e. The van der Waals surface area contributed by atoms with Gasteiger partial charge in [-0.3, -0.25) is 4.90 Å². The number of ether oxygens (including phenoxy) is 3. The van der Waals surface area contributed by atoms with Crippen LogP contribution in [0, 0.1) is 0 Å². The van der Waals surface area contributed by atoms with Gasteiger partial charge in [-0.2, -0.15) is 0 Å². The third-order valence-corrected chi connectivity index (χ3v) is 4.45. The number of hydrogen-bond acceptors (Lipinski definition) is 5. The van der Waals surface area contributed by atoms with Gasteiger partial charge in [0.15, 0.2) is 11.5 Å². The average molecular weight is 355 g/mol. The fourth-order valence-electron chi connectivity index (χ4n) is 2.94. The van der Waals surface area contributed by atoms with Crippen LogP contribution in [0.15, 0.2) is 12.1 Å². The molecule has 2 aliphatic rings. The van der Waals surface area contributed by atoms with Crippen molar-refractivity contribution in [3.63, 3.8) is 0 Å². The predicted octanol–water partition coefficient (Wildman–Crippen LogP) is 2.78. The van der Waals surface area contributed by atoms with Crippen LogP contribution in [0.4, 0.5) is 4.79 Å². The lowest BCUT2D eigenvalue weighted by molar-refractivity contribution is 0.0778. The van der Waals surface area contributed by atoms with E-state index in [9.17, 15) is 4.79 Å². The van der Waals surface area contributed by atoms with E-state index in [-0.39, 0.29) is 6.09 Å². The number of carbonyl (C=O) groups excluding carboxylic acids is 1. The molecular formula is C17H23ClN2O4. The second kappa shape index (κ2) is 7.94. The Bertz CT molecular complexity index is 588. The van der Waals surface area contributed by atoms with Crippen LogP contribution in [0.3, 0.4) is 0 Å². The number of fused-ring (bicyclic) bond motifs is 1. The molecule has 24 heavy (non-hydrogen) atoms. The number of halogens is 1. The third-order valence-electron chi connectivity index (χ3n) is 4.17. The normalized spacial score (nSPS) is 18.2. The Morgan fingerprint density at radius 3 is 2.71 bits per heavy atom. The van der Waals surface area contributed by atoms with Gasteiger partial charge in [-0.1, -0.05) is 11.6 Å². The molecule has 0 aliphatic carbocycles. The number of benzene rings is 1. The van der Waals surface area contributed by atoms with Crippen LogP contribution in [0.2, 0.25) is 5.02 Å². The van der Waals surface area contributed by atoms with Gasteiger partial charge < -0.3 is 19.1 Å². The Morgan fingerprint density at radius 2 is 1.96 bits per heavy atom. The van der Waals surface area contributed by atoms with Gasteiger partial charge in [-0.05, 0) is 24.6 Å². The topological polar surface area (TPSA) is 51.2 Å². The highest BCUT2D eigenvalue weighted by molar-refractivity contribution is 6.32. The van der Waals surface area contributed by atoms with Crippen LogP contribution in [0.25, 0.3) is 0 Å². The molecule has 2 heterocycles. The maximum absolute atomic E-state index is 11.7. The van der Waals surface area contributed by atoms with Gasteiger partial charge in [0.25, 0.3) is 0 Å². The van der Waals surface area contributed by atoms with E-state index in [1.165, 1.54) is 0 Å². The third kappa shape index (κ3) is 4.05. The van der Waals surface area contributed by atoms with Gasteiger partial charge in [0.05, 0.1) is 24.8 Å². The van der Waals surface area contributed by atoms with Gasteiger partial charge >= 0.3 is 6.09 Å². The van der Waals surface area contributed by atoms with Gasteiger partial charge in [-0.25, -0.2) is 4.79 Å². The molecule has 0 N–H and O–H groups in total. The molecule has 3 rings (SSSR count). The summed E-state index contributed by atoms with van der Waals surface area (Å²) in [6, 6.07) is 3.94. The first kappa shape index (κ1) is 17.2. The lowest BCUT2D eigenvalue weighted by atomic mass is 10.1. The molecule has 7 heteroatoms. The Balaban J connectivity index is 1.60. The maximum atomic E-state index is 11.7. The molecule has 0 spiro atoms. The number of amides is 1. The summed E-state index contributed by atoms with van der Waals surface area (Å²) >= 11 is 6.34. The van der Waals surface area contributed by atoms with Crippen molar-refractivity contribution in [3.8, 4) is 11.5 Å². The van der Waals surface area contributed by atoms with Crippen LogP contribution in [-0.4, -0.2) is 61.9 Å². The van der Waals surface area contributed by atoms with Crippen molar-refractivity contribution in [2.45, 2.75) is 19.9 Å². The van der Waals surface area contributed by atoms with E-state index in [0.717, 1.165) is 37.4 Å². The highest BCUT2D eigenvalue weighted by Crippen LogP contribution is 2.38. The molecule has 0 atom stereocenters. The van der Waals surface area contributed by atoms with E-state index >= 15 is 0 Å². The zero-order valence-corrected chi connectivity index (χ0v) is 14.7. The molecule has 0 saturated carbocycles. The van der Waals surface area contributed by atoms with E-state index in [1.54, 1.807) is 4.90 Å². The minimum atomic E-state index is -0.226. The number of carbonyl (C=O) groups is 1. The molecule has 2 aliphatic heterocycles. The van der Waals surface area contributed by atoms with Crippen molar-refractivity contribution in [3.05, 3.63) is 22.7 Å². The van der Waals surface area contributed by atoms with Crippen LogP contribution in [0.1, 0.15) is 18.9 Å². The lowest BCUT2D eigenvalue weighted by Crippen LogP contribution is -2.48. The minimum absolute atomic E-state index is 0.226. The number of rotatable bonds is 3. The van der Waals surface area contributed by atoms with E-state index in [1.807, 2.05) is 19.1 Å². The second-order valence-corrected chi connectivity index (χ2v) is 6.32. The molecule has 0 aromatic heterocycles. The van der Waals surface area contributed by atoms with E-state index in [2.05, 4.69) is 4.90 Å². The Hall–Kier alpha value is -1.66. The van der Waals surface area contributed by atoms with Gasteiger partial charge in [-0.15, -0.1) is 0 Å². The summed E-state index contributed by atoms with van der Waals surface area (Å²) in [6.45, 7) is 7.25. The quantitative estimate of drug-likeness (QED) is 0.835. The maximum Gasteiger partial charge on any atom is 0.409 e.